The third-order valence-corrected chi connectivity index (χ3v) is 5.52. The summed E-state index contributed by atoms with van der Waals surface area (Å²) < 4.78 is 7.92. The Kier molecular flexibility index (Phi) is 6.93. The van der Waals surface area contributed by atoms with Gasteiger partial charge in [-0.15, -0.1) is 10.2 Å². The normalized spacial score (nSPS) is 10.8. The molecule has 1 N–H and O–H groups in total. The summed E-state index contributed by atoms with van der Waals surface area (Å²) in [7, 11) is 0. The number of rotatable bonds is 8. The molecule has 0 radical (unpaired) electrons. The highest BCUT2D eigenvalue weighted by molar-refractivity contribution is 7.99. The lowest BCUT2D eigenvalue weighted by atomic mass is 10.1. The van der Waals surface area contributed by atoms with Gasteiger partial charge in [0.15, 0.2) is 11.0 Å². The van der Waals surface area contributed by atoms with Crippen LogP contribution in [0.1, 0.15) is 29.4 Å². The fourth-order valence-electron chi connectivity index (χ4n) is 2.98. The van der Waals surface area contributed by atoms with Gasteiger partial charge in [0.05, 0.1) is 5.75 Å². The number of anilines is 1. The zero-order valence-electron chi connectivity index (χ0n) is 17.2. The van der Waals surface area contributed by atoms with Gasteiger partial charge in [0.1, 0.15) is 12.4 Å². The standard InChI is InChI=1S/C22H26N4O2S/c1-5-26-20(13-28-19-11-10-15(2)12-17(19)4)24-25-22(26)29-14-21(27)23-18-9-7-6-8-16(18)3/h6-12H,5,13-14H2,1-4H3,(H,23,27). The number of amides is 1. The molecular weight excluding hydrogens is 384 g/mol. The summed E-state index contributed by atoms with van der Waals surface area (Å²) >= 11 is 1.37. The molecule has 0 fully saturated rings. The summed E-state index contributed by atoms with van der Waals surface area (Å²) in [6, 6.07) is 13.8. The van der Waals surface area contributed by atoms with E-state index < -0.39 is 0 Å². The number of hydrogen-bond donors (Lipinski definition) is 1. The number of carbonyl (C=O) groups is 1. The third-order valence-electron chi connectivity index (χ3n) is 4.55. The van der Waals surface area contributed by atoms with Crippen LogP contribution in [0, 0.1) is 20.8 Å². The average molecular weight is 411 g/mol. The second-order valence-corrected chi connectivity index (χ2v) is 7.79. The topological polar surface area (TPSA) is 69.0 Å². The van der Waals surface area contributed by atoms with Crippen LogP contribution in [0.3, 0.4) is 0 Å². The van der Waals surface area contributed by atoms with Gasteiger partial charge in [-0.1, -0.05) is 47.7 Å². The summed E-state index contributed by atoms with van der Waals surface area (Å²) in [5.41, 5.74) is 4.16. The lowest BCUT2D eigenvalue weighted by molar-refractivity contribution is -0.113. The Hall–Kier alpha value is -2.80. The highest BCUT2D eigenvalue weighted by atomic mass is 32.2. The van der Waals surface area contributed by atoms with Crippen molar-refractivity contribution in [2.45, 2.75) is 46.0 Å². The van der Waals surface area contributed by atoms with Crippen LogP contribution in [-0.2, 0) is 17.9 Å². The number of aromatic nitrogens is 3. The van der Waals surface area contributed by atoms with Gasteiger partial charge in [0.25, 0.3) is 0 Å². The summed E-state index contributed by atoms with van der Waals surface area (Å²) in [5.74, 6) is 1.79. The molecule has 152 valence electrons. The number of nitrogens with zero attached hydrogens (tertiary/aromatic N) is 3. The second kappa shape index (κ2) is 9.60. The summed E-state index contributed by atoms with van der Waals surface area (Å²) in [5, 5.41) is 12.2. The van der Waals surface area contributed by atoms with Gasteiger partial charge in [0, 0.05) is 12.2 Å². The maximum absolute atomic E-state index is 12.3. The van der Waals surface area contributed by atoms with Gasteiger partial charge in [0.2, 0.25) is 5.91 Å². The molecule has 1 aromatic heterocycles. The first kappa shape index (κ1) is 20.9. The summed E-state index contributed by atoms with van der Waals surface area (Å²) in [4.78, 5) is 12.3. The van der Waals surface area contributed by atoms with Crippen LogP contribution in [0.4, 0.5) is 5.69 Å². The van der Waals surface area contributed by atoms with Crippen molar-refractivity contribution in [2.24, 2.45) is 0 Å². The van der Waals surface area contributed by atoms with Gasteiger partial charge in [-0.25, -0.2) is 0 Å². The van der Waals surface area contributed by atoms with Gasteiger partial charge in [-0.05, 0) is 51.0 Å². The predicted octanol–water partition coefficient (Wildman–Crippen LogP) is 4.53. The molecule has 1 amide bonds. The first-order valence-corrected chi connectivity index (χ1v) is 10.6. The predicted molar refractivity (Wildman–Crippen MR) is 116 cm³/mol. The number of para-hydroxylation sites is 1. The van der Waals surface area contributed by atoms with Gasteiger partial charge in [-0.2, -0.15) is 0 Å². The number of thioether (sulfide) groups is 1. The first-order chi connectivity index (χ1) is 14.0. The number of carbonyl (C=O) groups excluding carboxylic acids is 1. The second-order valence-electron chi connectivity index (χ2n) is 6.85. The van der Waals surface area contributed by atoms with Crippen LogP contribution in [0.25, 0.3) is 0 Å². The number of ether oxygens (including phenoxy) is 1. The highest BCUT2D eigenvalue weighted by Crippen LogP contribution is 2.22. The Morgan fingerprint density at radius 3 is 2.62 bits per heavy atom. The molecular formula is C22H26N4O2S. The highest BCUT2D eigenvalue weighted by Gasteiger charge is 2.14. The van der Waals surface area contributed by atoms with Crippen LogP contribution in [0.5, 0.6) is 5.75 Å². The molecule has 3 rings (SSSR count). The van der Waals surface area contributed by atoms with Gasteiger partial charge >= 0.3 is 0 Å². The van der Waals surface area contributed by atoms with Crippen molar-refractivity contribution in [3.05, 3.63) is 65.0 Å². The SMILES string of the molecule is CCn1c(COc2ccc(C)cc2C)nnc1SCC(=O)Nc1ccccc1C. The molecule has 29 heavy (non-hydrogen) atoms. The fourth-order valence-corrected chi connectivity index (χ4v) is 3.80. The van der Waals surface area contributed by atoms with Crippen molar-refractivity contribution >= 4 is 23.4 Å². The van der Waals surface area contributed by atoms with E-state index in [1.807, 2.05) is 61.7 Å². The molecule has 2 aromatic carbocycles. The van der Waals surface area contributed by atoms with Gasteiger partial charge in [-0.3, -0.25) is 4.79 Å². The largest absolute Gasteiger partial charge is 0.485 e. The molecule has 0 saturated heterocycles. The van der Waals surface area contributed by atoms with E-state index in [9.17, 15) is 4.79 Å². The summed E-state index contributed by atoms with van der Waals surface area (Å²) in [6.07, 6.45) is 0. The average Bonchev–Trinajstić information content (AvgIpc) is 3.09. The molecule has 0 aliphatic heterocycles. The van der Waals surface area contributed by atoms with Crippen molar-refractivity contribution < 1.29 is 9.53 Å². The molecule has 6 nitrogen and oxygen atoms in total. The van der Waals surface area contributed by atoms with Crippen molar-refractivity contribution in [3.8, 4) is 5.75 Å². The third kappa shape index (κ3) is 5.38. The van der Waals surface area contributed by atoms with Gasteiger partial charge < -0.3 is 14.6 Å². The Labute approximate surface area is 175 Å². The number of nitrogens with one attached hydrogen (secondary N) is 1. The lowest BCUT2D eigenvalue weighted by Gasteiger charge is -2.11. The van der Waals surface area contributed by atoms with E-state index in [2.05, 4.69) is 28.5 Å². The van der Waals surface area contributed by atoms with E-state index in [-0.39, 0.29) is 11.7 Å². The molecule has 3 aromatic rings. The quantitative estimate of drug-likeness (QED) is 0.553. The van der Waals surface area contributed by atoms with E-state index in [1.54, 1.807) is 0 Å². The molecule has 0 atom stereocenters. The van der Waals surface area contributed by atoms with Crippen LogP contribution < -0.4 is 10.1 Å². The number of benzene rings is 2. The van der Waals surface area contributed by atoms with E-state index in [4.69, 9.17) is 4.74 Å². The molecule has 0 aliphatic rings. The van der Waals surface area contributed by atoms with Crippen molar-refractivity contribution in [2.75, 3.05) is 11.1 Å². The molecule has 1 heterocycles. The zero-order valence-corrected chi connectivity index (χ0v) is 18.0. The smallest absolute Gasteiger partial charge is 0.234 e. The van der Waals surface area contributed by atoms with Crippen molar-refractivity contribution in [3.63, 3.8) is 0 Å². The summed E-state index contributed by atoms with van der Waals surface area (Å²) in [6.45, 7) is 9.13. The van der Waals surface area contributed by atoms with Crippen LogP contribution >= 0.6 is 11.8 Å². The van der Waals surface area contributed by atoms with E-state index in [1.165, 1.54) is 17.3 Å². The minimum atomic E-state index is -0.0666. The van der Waals surface area contributed by atoms with Crippen molar-refractivity contribution in [1.82, 2.24) is 14.8 Å². The maximum atomic E-state index is 12.3. The Bertz CT molecular complexity index is 1000. The van der Waals surface area contributed by atoms with Crippen molar-refractivity contribution in [1.29, 1.82) is 0 Å². The van der Waals surface area contributed by atoms with Crippen LogP contribution in [0.15, 0.2) is 47.6 Å². The van der Waals surface area contributed by atoms with E-state index in [0.717, 1.165) is 28.4 Å². The van der Waals surface area contributed by atoms with E-state index >= 15 is 0 Å². The molecule has 0 bridgehead atoms. The van der Waals surface area contributed by atoms with Crippen LogP contribution in [0.2, 0.25) is 0 Å². The minimum absolute atomic E-state index is 0.0666. The fraction of sp³-hybridized carbons (Fsp3) is 0.318. The molecule has 0 saturated carbocycles. The molecule has 0 unspecified atom stereocenters. The Morgan fingerprint density at radius 1 is 1.10 bits per heavy atom. The van der Waals surface area contributed by atoms with E-state index in [0.29, 0.717) is 18.3 Å². The molecule has 0 spiro atoms. The zero-order chi connectivity index (χ0) is 20.8. The molecule has 0 aliphatic carbocycles. The first-order valence-electron chi connectivity index (χ1n) is 9.58. The Balaban J connectivity index is 1.60. The number of hydrogen-bond acceptors (Lipinski definition) is 5. The maximum Gasteiger partial charge on any atom is 0.234 e. The Morgan fingerprint density at radius 2 is 1.90 bits per heavy atom. The number of aryl methyl sites for hydroxylation is 3. The monoisotopic (exact) mass is 410 g/mol. The minimum Gasteiger partial charge on any atom is -0.485 e. The van der Waals surface area contributed by atoms with Crippen LogP contribution in [-0.4, -0.2) is 26.4 Å². The molecule has 7 heteroatoms. The lowest BCUT2D eigenvalue weighted by Crippen LogP contribution is -2.15.